The lowest BCUT2D eigenvalue weighted by Gasteiger charge is -2.38. The fraction of sp³-hybridized carbons (Fsp3) is 1.00. The van der Waals surface area contributed by atoms with E-state index >= 15 is 0 Å². The molecular weight excluding hydrogens is 166 g/mol. The summed E-state index contributed by atoms with van der Waals surface area (Å²) >= 11 is 0. The molecular formula is C10H21NO2. The van der Waals surface area contributed by atoms with Crippen molar-refractivity contribution >= 4 is 0 Å². The number of likely N-dealkylation sites (tertiary alicyclic amines) is 1. The van der Waals surface area contributed by atoms with Gasteiger partial charge in [-0.3, -0.25) is 0 Å². The Morgan fingerprint density at radius 1 is 1.31 bits per heavy atom. The molecule has 3 heteroatoms. The van der Waals surface area contributed by atoms with Crippen LogP contribution in [0.5, 0.6) is 0 Å². The van der Waals surface area contributed by atoms with Crippen molar-refractivity contribution in [1.29, 1.82) is 0 Å². The highest BCUT2D eigenvalue weighted by Gasteiger charge is 2.29. The number of rotatable bonds is 2. The summed E-state index contributed by atoms with van der Waals surface area (Å²) in [5, 5.41) is 19.3. The second-order valence-electron chi connectivity index (χ2n) is 5.09. The number of hydrogen-bond donors (Lipinski definition) is 2. The summed E-state index contributed by atoms with van der Waals surface area (Å²) in [5.74, 6) is 0. The van der Waals surface area contributed by atoms with Crippen molar-refractivity contribution in [1.82, 2.24) is 4.90 Å². The lowest BCUT2D eigenvalue weighted by molar-refractivity contribution is -0.0311. The molecule has 1 fully saturated rings. The molecule has 1 saturated heterocycles. The van der Waals surface area contributed by atoms with Gasteiger partial charge in [-0.25, -0.2) is 0 Å². The fourth-order valence-corrected chi connectivity index (χ4v) is 1.74. The van der Waals surface area contributed by atoms with Crippen LogP contribution in [0.4, 0.5) is 0 Å². The summed E-state index contributed by atoms with van der Waals surface area (Å²) < 4.78 is 0. The molecule has 0 aromatic carbocycles. The van der Waals surface area contributed by atoms with Gasteiger partial charge in [0.2, 0.25) is 0 Å². The first kappa shape index (κ1) is 11.0. The number of piperidine rings is 1. The SMILES string of the molecule is CC(C)(O)CN1CCC(C)(O)CC1. The van der Waals surface area contributed by atoms with Gasteiger partial charge in [0.05, 0.1) is 11.2 Å². The molecule has 0 amide bonds. The van der Waals surface area contributed by atoms with Crippen LogP contribution in [-0.2, 0) is 0 Å². The van der Waals surface area contributed by atoms with Crippen LogP contribution in [-0.4, -0.2) is 45.9 Å². The quantitative estimate of drug-likeness (QED) is 0.665. The summed E-state index contributed by atoms with van der Waals surface area (Å²) in [7, 11) is 0. The zero-order valence-electron chi connectivity index (χ0n) is 8.88. The number of β-amino-alcohol motifs (C(OH)–C–C–N with tert-alkyl or cyclic N) is 1. The molecule has 0 aliphatic carbocycles. The highest BCUT2D eigenvalue weighted by molar-refractivity contribution is 4.83. The standard InChI is InChI=1S/C10H21NO2/c1-9(2,12)8-11-6-4-10(3,13)5-7-11/h12-13H,4-8H2,1-3H3. The summed E-state index contributed by atoms with van der Waals surface area (Å²) in [6.07, 6.45) is 1.62. The van der Waals surface area contributed by atoms with Gasteiger partial charge in [0.15, 0.2) is 0 Å². The largest absolute Gasteiger partial charge is 0.390 e. The Kier molecular flexibility index (Phi) is 3.00. The van der Waals surface area contributed by atoms with Gasteiger partial charge in [-0.1, -0.05) is 0 Å². The summed E-state index contributed by atoms with van der Waals surface area (Å²) in [6.45, 7) is 7.99. The fourth-order valence-electron chi connectivity index (χ4n) is 1.74. The second kappa shape index (κ2) is 3.56. The molecule has 1 aliphatic heterocycles. The predicted octanol–water partition coefficient (Wildman–Crippen LogP) is 0.604. The van der Waals surface area contributed by atoms with Crippen LogP contribution in [0.3, 0.4) is 0 Å². The first-order valence-electron chi connectivity index (χ1n) is 4.96. The Morgan fingerprint density at radius 2 is 1.77 bits per heavy atom. The minimum Gasteiger partial charge on any atom is -0.390 e. The molecule has 78 valence electrons. The smallest absolute Gasteiger partial charge is 0.0718 e. The van der Waals surface area contributed by atoms with Gasteiger partial charge < -0.3 is 15.1 Å². The first-order valence-corrected chi connectivity index (χ1v) is 4.96. The minimum atomic E-state index is -0.622. The minimum absolute atomic E-state index is 0.490. The van der Waals surface area contributed by atoms with Crippen molar-refractivity contribution in [3.05, 3.63) is 0 Å². The third kappa shape index (κ3) is 4.07. The maximum Gasteiger partial charge on any atom is 0.0718 e. The maximum atomic E-state index is 9.70. The van der Waals surface area contributed by atoms with Crippen molar-refractivity contribution in [2.75, 3.05) is 19.6 Å². The molecule has 0 saturated carbocycles. The van der Waals surface area contributed by atoms with E-state index in [0.717, 1.165) is 25.9 Å². The van der Waals surface area contributed by atoms with E-state index in [1.165, 1.54) is 0 Å². The van der Waals surface area contributed by atoms with E-state index in [1.807, 2.05) is 20.8 Å². The summed E-state index contributed by atoms with van der Waals surface area (Å²) in [5.41, 5.74) is -1.11. The molecule has 0 bridgehead atoms. The zero-order chi connectivity index (χ0) is 10.1. The van der Waals surface area contributed by atoms with Crippen LogP contribution in [0.2, 0.25) is 0 Å². The Bertz CT molecular complexity index is 162. The van der Waals surface area contributed by atoms with Gasteiger partial charge in [-0.05, 0) is 33.6 Å². The molecule has 3 nitrogen and oxygen atoms in total. The molecule has 1 aliphatic rings. The summed E-state index contributed by atoms with van der Waals surface area (Å²) in [4.78, 5) is 2.21. The zero-order valence-corrected chi connectivity index (χ0v) is 8.88. The Hall–Kier alpha value is -0.120. The van der Waals surface area contributed by atoms with Crippen molar-refractivity contribution in [3.63, 3.8) is 0 Å². The van der Waals surface area contributed by atoms with E-state index in [4.69, 9.17) is 0 Å². The molecule has 0 aromatic heterocycles. The molecule has 0 radical (unpaired) electrons. The Balaban J connectivity index is 2.34. The average molecular weight is 187 g/mol. The van der Waals surface area contributed by atoms with Crippen molar-refractivity contribution < 1.29 is 10.2 Å². The van der Waals surface area contributed by atoms with Crippen LogP contribution in [0, 0.1) is 0 Å². The van der Waals surface area contributed by atoms with E-state index in [-0.39, 0.29) is 0 Å². The normalized spacial score (nSPS) is 24.7. The van der Waals surface area contributed by atoms with Crippen LogP contribution >= 0.6 is 0 Å². The van der Waals surface area contributed by atoms with Gasteiger partial charge in [-0.2, -0.15) is 0 Å². The van der Waals surface area contributed by atoms with Gasteiger partial charge in [0, 0.05) is 19.6 Å². The van der Waals surface area contributed by atoms with Crippen molar-refractivity contribution in [3.8, 4) is 0 Å². The molecule has 1 rings (SSSR count). The molecule has 0 unspecified atom stereocenters. The third-order valence-corrected chi connectivity index (χ3v) is 2.54. The third-order valence-electron chi connectivity index (χ3n) is 2.54. The topological polar surface area (TPSA) is 43.7 Å². The maximum absolute atomic E-state index is 9.70. The molecule has 0 spiro atoms. The summed E-state index contributed by atoms with van der Waals surface area (Å²) in [6, 6.07) is 0. The molecule has 2 N–H and O–H groups in total. The highest BCUT2D eigenvalue weighted by Crippen LogP contribution is 2.22. The first-order chi connectivity index (χ1) is 5.79. The van der Waals surface area contributed by atoms with E-state index in [2.05, 4.69) is 4.90 Å². The van der Waals surface area contributed by atoms with Gasteiger partial charge in [0.25, 0.3) is 0 Å². The average Bonchev–Trinajstić information content (AvgIpc) is 1.91. The molecule has 0 aromatic rings. The van der Waals surface area contributed by atoms with Gasteiger partial charge in [-0.15, -0.1) is 0 Å². The monoisotopic (exact) mass is 187 g/mol. The van der Waals surface area contributed by atoms with Crippen LogP contribution in [0.25, 0.3) is 0 Å². The number of hydrogen-bond acceptors (Lipinski definition) is 3. The van der Waals surface area contributed by atoms with Gasteiger partial charge in [0.1, 0.15) is 0 Å². The van der Waals surface area contributed by atoms with Crippen LogP contribution in [0.15, 0.2) is 0 Å². The molecule has 1 heterocycles. The van der Waals surface area contributed by atoms with E-state index in [9.17, 15) is 10.2 Å². The number of aliphatic hydroxyl groups is 2. The molecule has 0 atom stereocenters. The lowest BCUT2D eigenvalue weighted by atomic mass is 9.93. The van der Waals surface area contributed by atoms with Crippen molar-refractivity contribution in [2.45, 2.75) is 44.8 Å². The second-order valence-corrected chi connectivity index (χ2v) is 5.09. The highest BCUT2D eigenvalue weighted by atomic mass is 16.3. The van der Waals surface area contributed by atoms with Crippen LogP contribution < -0.4 is 0 Å². The van der Waals surface area contributed by atoms with Crippen molar-refractivity contribution in [2.24, 2.45) is 0 Å². The Labute approximate surface area is 80.4 Å². The van der Waals surface area contributed by atoms with E-state index in [1.54, 1.807) is 0 Å². The van der Waals surface area contributed by atoms with Gasteiger partial charge >= 0.3 is 0 Å². The van der Waals surface area contributed by atoms with Crippen LogP contribution in [0.1, 0.15) is 33.6 Å². The lowest BCUT2D eigenvalue weighted by Crippen LogP contribution is -2.47. The Morgan fingerprint density at radius 3 is 2.15 bits per heavy atom. The predicted molar refractivity (Wildman–Crippen MR) is 52.6 cm³/mol. The van der Waals surface area contributed by atoms with E-state index < -0.39 is 11.2 Å². The molecule has 13 heavy (non-hydrogen) atoms. The van der Waals surface area contributed by atoms with E-state index in [0.29, 0.717) is 6.54 Å². The number of nitrogens with zero attached hydrogens (tertiary/aromatic N) is 1.